The van der Waals surface area contributed by atoms with Gasteiger partial charge in [-0.05, 0) is 18.6 Å². The Labute approximate surface area is 107 Å². The summed E-state index contributed by atoms with van der Waals surface area (Å²) in [6, 6.07) is 7.35. The highest BCUT2D eigenvalue weighted by atomic mass is 19.3. The molecular formula is C12H11F2N5. The highest BCUT2D eigenvalue weighted by Gasteiger charge is 2.24. The molecule has 3 rings (SSSR count). The van der Waals surface area contributed by atoms with Crippen LogP contribution in [0.5, 0.6) is 0 Å². The van der Waals surface area contributed by atoms with Crippen LogP contribution in [0.3, 0.4) is 0 Å². The van der Waals surface area contributed by atoms with Gasteiger partial charge in [0.1, 0.15) is 11.5 Å². The number of nitrogens with zero attached hydrogens (tertiary/aromatic N) is 3. The lowest BCUT2D eigenvalue weighted by atomic mass is 10.2. The van der Waals surface area contributed by atoms with Gasteiger partial charge in [-0.25, -0.2) is 13.5 Å². The molecule has 19 heavy (non-hydrogen) atoms. The average molecular weight is 263 g/mol. The summed E-state index contributed by atoms with van der Waals surface area (Å²) in [5, 5.41) is 10.6. The number of aromatic amines is 1. The second-order valence-corrected chi connectivity index (χ2v) is 4.22. The zero-order chi connectivity index (χ0) is 13.6. The largest absolute Gasteiger partial charge is 0.383 e. The number of hydrogen-bond donors (Lipinski definition) is 2. The molecular weight excluding hydrogens is 252 g/mol. The number of benzene rings is 1. The SMILES string of the molecule is Cc1ccccc1-n1nc(C(F)F)c2c(N)[nH]nc21. The molecule has 0 aliphatic carbocycles. The first kappa shape index (κ1) is 11.6. The van der Waals surface area contributed by atoms with E-state index in [1.54, 1.807) is 6.07 Å². The molecule has 0 aliphatic heterocycles. The molecule has 3 N–H and O–H groups in total. The Bertz CT molecular complexity index is 744. The Kier molecular flexibility index (Phi) is 2.48. The number of nitrogens with one attached hydrogen (secondary N) is 1. The molecule has 0 aliphatic rings. The van der Waals surface area contributed by atoms with Crippen molar-refractivity contribution in [2.24, 2.45) is 0 Å². The number of aryl methyl sites for hydroxylation is 1. The molecule has 0 radical (unpaired) electrons. The van der Waals surface area contributed by atoms with Crippen LogP contribution in [-0.4, -0.2) is 20.0 Å². The van der Waals surface area contributed by atoms with Gasteiger partial charge in [0.25, 0.3) is 6.43 Å². The molecule has 0 saturated heterocycles. The quantitative estimate of drug-likeness (QED) is 0.746. The van der Waals surface area contributed by atoms with Crippen molar-refractivity contribution in [1.29, 1.82) is 0 Å². The van der Waals surface area contributed by atoms with Crippen LogP contribution in [0.2, 0.25) is 0 Å². The standard InChI is InChI=1S/C12H11F2N5/c1-6-4-2-3-5-7(6)19-12-8(11(15)16-17-12)9(18-19)10(13)14/h2-5,10H,1H3,(H3,15,16,17). The van der Waals surface area contributed by atoms with Gasteiger partial charge in [-0.15, -0.1) is 0 Å². The molecule has 1 aromatic carbocycles. The van der Waals surface area contributed by atoms with Crippen molar-refractivity contribution in [3.05, 3.63) is 35.5 Å². The molecule has 0 atom stereocenters. The number of alkyl halides is 2. The maximum atomic E-state index is 13.0. The molecule has 3 aromatic rings. The van der Waals surface area contributed by atoms with E-state index in [4.69, 9.17) is 5.73 Å². The Morgan fingerprint density at radius 1 is 1.32 bits per heavy atom. The number of nitrogens with two attached hydrogens (primary N) is 1. The summed E-state index contributed by atoms with van der Waals surface area (Å²) in [5.41, 5.74) is 7.20. The van der Waals surface area contributed by atoms with Crippen molar-refractivity contribution < 1.29 is 8.78 Å². The van der Waals surface area contributed by atoms with Gasteiger partial charge in [-0.1, -0.05) is 18.2 Å². The van der Waals surface area contributed by atoms with Crippen molar-refractivity contribution in [3.8, 4) is 5.69 Å². The second kappa shape index (κ2) is 4.04. The maximum Gasteiger partial charge on any atom is 0.282 e. The number of nitrogen functional groups attached to an aromatic ring is 1. The van der Waals surface area contributed by atoms with Crippen LogP contribution in [0.4, 0.5) is 14.6 Å². The molecule has 2 heterocycles. The number of hydrogen-bond acceptors (Lipinski definition) is 3. The first-order valence-corrected chi connectivity index (χ1v) is 5.66. The normalized spacial score (nSPS) is 11.6. The van der Waals surface area contributed by atoms with E-state index in [1.807, 2.05) is 25.1 Å². The van der Waals surface area contributed by atoms with Crippen LogP contribution < -0.4 is 5.73 Å². The van der Waals surface area contributed by atoms with E-state index in [1.165, 1.54) is 4.68 Å². The van der Waals surface area contributed by atoms with Crippen LogP contribution >= 0.6 is 0 Å². The average Bonchev–Trinajstić information content (AvgIpc) is 2.92. The maximum absolute atomic E-state index is 13.0. The summed E-state index contributed by atoms with van der Waals surface area (Å²) in [4.78, 5) is 0. The van der Waals surface area contributed by atoms with E-state index in [0.717, 1.165) is 5.56 Å². The summed E-state index contributed by atoms with van der Waals surface area (Å²) in [6.07, 6.45) is -2.70. The van der Waals surface area contributed by atoms with Crippen LogP contribution in [0, 0.1) is 6.92 Å². The number of halogens is 2. The lowest BCUT2D eigenvalue weighted by molar-refractivity contribution is 0.147. The lowest BCUT2D eigenvalue weighted by Gasteiger charge is -2.05. The molecule has 0 unspecified atom stereocenters. The van der Waals surface area contributed by atoms with Crippen LogP contribution in [0.1, 0.15) is 17.7 Å². The fraction of sp³-hybridized carbons (Fsp3) is 0.167. The predicted molar refractivity (Wildman–Crippen MR) is 67.3 cm³/mol. The monoisotopic (exact) mass is 263 g/mol. The fourth-order valence-corrected chi connectivity index (χ4v) is 2.08. The highest BCUT2D eigenvalue weighted by molar-refractivity contribution is 5.90. The molecule has 0 amide bonds. The summed E-state index contributed by atoms with van der Waals surface area (Å²) in [6.45, 7) is 1.88. The molecule has 5 nitrogen and oxygen atoms in total. The molecule has 0 spiro atoms. The van der Waals surface area contributed by atoms with Crippen molar-refractivity contribution >= 4 is 16.9 Å². The number of para-hydroxylation sites is 1. The molecule has 0 fully saturated rings. The summed E-state index contributed by atoms with van der Waals surface area (Å²) in [5.74, 6) is 0.102. The van der Waals surface area contributed by atoms with Crippen molar-refractivity contribution in [2.45, 2.75) is 13.3 Å². The molecule has 7 heteroatoms. The Hall–Kier alpha value is -2.44. The van der Waals surface area contributed by atoms with E-state index in [0.29, 0.717) is 11.3 Å². The number of H-pyrrole nitrogens is 1. The van der Waals surface area contributed by atoms with Crippen LogP contribution in [-0.2, 0) is 0 Å². The highest BCUT2D eigenvalue weighted by Crippen LogP contribution is 2.31. The van der Waals surface area contributed by atoms with Gasteiger partial charge in [-0.2, -0.15) is 10.2 Å². The molecule has 2 aromatic heterocycles. The fourth-order valence-electron chi connectivity index (χ4n) is 2.08. The van der Waals surface area contributed by atoms with Gasteiger partial charge in [-0.3, -0.25) is 5.10 Å². The predicted octanol–water partition coefficient (Wildman–Crippen LogP) is 2.58. The van der Waals surface area contributed by atoms with Gasteiger partial charge >= 0.3 is 0 Å². The van der Waals surface area contributed by atoms with Crippen LogP contribution in [0.25, 0.3) is 16.7 Å². The smallest absolute Gasteiger partial charge is 0.282 e. The van der Waals surface area contributed by atoms with Gasteiger partial charge in [0.2, 0.25) is 0 Å². The van der Waals surface area contributed by atoms with E-state index in [9.17, 15) is 8.78 Å². The van der Waals surface area contributed by atoms with E-state index in [-0.39, 0.29) is 16.9 Å². The van der Waals surface area contributed by atoms with E-state index < -0.39 is 6.43 Å². The Morgan fingerprint density at radius 2 is 2.05 bits per heavy atom. The third kappa shape index (κ3) is 1.66. The minimum atomic E-state index is -2.70. The third-order valence-electron chi connectivity index (χ3n) is 2.99. The lowest BCUT2D eigenvalue weighted by Crippen LogP contribution is -2.01. The minimum absolute atomic E-state index is 0.102. The number of aromatic nitrogens is 4. The van der Waals surface area contributed by atoms with Gasteiger partial charge in [0, 0.05) is 0 Å². The van der Waals surface area contributed by atoms with Crippen molar-refractivity contribution in [1.82, 2.24) is 20.0 Å². The number of anilines is 1. The van der Waals surface area contributed by atoms with Gasteiger partial charge in [0.05, 0.1) is 11.1 Å². The third-order valence-corrected chi connectivity index (χ3v) is 2.99. The molecule has 0 bridgehead atoms. The molecule has 98 valence electrons. The topological polar surface area (TPSA) is 72.5 Å². The molecule has 0 saturated carbocycles. The Balaban J connectivity index is 2.34. The second-order valence-electron chi connectivity index (χ2n) is 4.22. The minimum Gasteiger partial charge on any atom is -0.383 e. The van der Waals surface area contributed by atoms with E-state index in [2.05, 4.69) is 15.3 Å². The summed E-state index contributed by atoms with van der Waals surface area (Å²) >= 11 is 0. The number of rotatable bonds is 2. The Morgan fingerprint density at radius 3 is 2.74 bits per heavy atom. The zero-order valence-corrected chi connectivity index (χ0v) is 10.1. The first-order valence-electron chi connectivity index (χ1n) is 5.66. The van der Waals surface area contributed by atoms with Crippen molar-refractivity contribution in [3.63, 3.8) is 0 Å². The van der Waals surface area contributed by atoms with Gasteiger partial charge in [0.15, 0.2) is 5.65 Å². The summed E-state index contributed by atoms with van der Waals surface area (Å²) in [7, 11) is 0. The van der Waals surface area contributed by atoms with Crippen LogP contribution in [0.15, 0.2) is 24.3 Å². The number of fused-ring (bicyclic) bond motifs is 1. The zero-order valence-electron chi connectivity index (χ0n) is 10.1. The summed E-state index contributed by atoms with van der Waals surface area (Å²) < 4.78 is 27.4. The van der Waals surface area contributed by atoms with Crippen molar-refractivity contribution in [2.75, 3.05) is 5.73 Å². The van der Waals surface area contributed by atoms with Gasteiger partial charge < -0.3 is 5.73 Å². The van der Waals surface area contributed by atoms with E-state index >= 15 is 0 Å². The first-order chi connectivity index (χ1) is 9.09.